The highest BCUT2D eigenvalue weighted by Gasteiger charge is 2.23. The molecule has 1 heterocycles. The maximum Gasteiger partial charge on any atom is 0.137 e. The van der Waals surface area contributed by atoms with E-state index in [4.69, 9.17) is 0 Å². The summed E-state index contributed by atoms with van der Waals surface area (Å²) in [5, 5.41) is 10.5. The molecule has 2 rings (SSSR count). The van der Waals surface area contributed by atoms with Crippen molar-refractivity contribution >= 4 is 0 Å². The molecule has 0 amide bonds. The lowest BCUT2D eigenvalue weighted by Crippen LogP contribution is -2.36. The van der Waals surface area contributed by atoms with E-state index in [1.165, 1.54) is 25.7 Å². The van der Waals surface area contributed by atoms with Crippen LogP contribution in [-0.4, -0.2) is 27.8 Å². The van der Waals surface area contributed by atoms with Gasteiger partial charge >= 0.3 is 0 Å². The number of aromatic amines is 1. The third kappa shape index (κ3) is 4.09. The molecule has 1 aromatic rings. The molecule has 0 saturated heterocycles. The summed E-state index contributed by atoms with van der Waals surface area (Å²) in [7, 11) is 0. The molecule has 2 atom stereocenters. The Morgan fingerprint density at radius 1 is 1.44 bits per heavy atom. The summed E-state index contributed by atoms with van der Waals surface area (Å²) in [6.45, 7) is 5.81. The van der Waals surface area contributed by atoms with Crippen LogP contribution in [-0.2, 0) is 6.42 Å². The Morgan fingerprint density at radius 3 is 3.06 bits per heavy atom. The Morgan fingerprint density at radius 2 is 2.33 bits per heavy atom. The molecule has 102 valence electrons. The van der Waals surface area contributed by atoms with Crippen LogP contribution in [0.15, 0.2) is 6.33 Å². The zero-order chi connectivity index (χ0) is 12.8. The maximum absolute atomic E-state index is 4.14. The van der Waals surface area contributed by atoms with E-state index >= 15 is 0 Å². The van der Waals surface area contributed by atoms with Crippen molar-refractivity contribution in [2.75, 3.05) is 6.54 Å². The summed E-state index contributed by atoms with van der Waals surface area (Å²) >= 11 is 0. The van der Waals surface area contributed by atoms with Gasteiger partial charge in [0.1, 0.15) is 12.2 Å². The lowest BCUT2D eigenvalue weighted by atomic mass is 9.79. The molecular formula is C14H26N4. The quantitative estimate of drug-likeness (QED) is 0.763. The van der Waals surface area contributed by atoms with Crippen LogP contribution in [0.1, 0.15) is 51.8 Å². The van der Waals surface area contributed by atoms with E-state index < -0.39 is 0 Å². The van der Waals surface area contributed by atoms with Gasteiger partial charge in [0, 0.05) is 12.5 Å². The SMILES string of the molecule is CC(C)C1CCCC(NCCCc2ncn[nH]2)C1. The summed E-state index contributed by atoms with van der Waals surface area (Å²) < 4.78 is 0. The van der Waals surface area contributed by atoms with Crippen LogP contribution >= 0.6 is 0 Å². The fraction of sp³-hybridized carbons (Fsp3) is 0.857. The number of rotatable bonds is 6. The molecule has 0 radical (unpaired) electrons. The summed E-state index contributed by atoms with van der Waals surface area (Å²) in [6, 6.07) is 0.737. The minimum atomic E-state index is 0.737. The van der Waals surface area contributed by atoms with Crippen molar-refractivity contribution in [1.82, 2.24) is 20.5 Å². The van der Waals surface area contributed by atoms with Crippen LogP contribution < -0.4 is 5.32 Å². The highest BCUT2D eigenvalue weighted by molar-refractivity contribution is 4.82. The normalized spacial score (nSPS) is 24.6. The third-order valence-corrected chi connectivity index (χ3v) is 4.15. The van der Waals surface area contributed by atoms with Gasteiger partial charge in [-0.3, -0.25) is 5.10 Å². The molecule has 18 heavy (non-hydrogen) atoms. The van der Waals surface area contributed by atoms with Crippen LogP contribution in [0.3, 0.4) is 0 Å². The fourth-order valence-corrected chi connectivity index (χ4v) is 2.93. The van der Waals surface area contributed by atoms with Crippen molar-refractivity contribution in [3.63, 3.8) is 0 Å². The first-order chi connectivity index (χ1) is 8.75. The largest absolute Gasteiger partial charge is 0.314 e. The van der Waals surface area contributed by atoms with Crippen LogP contribution in [0.25, 0.3) is 0 Å². The molecule has 4 heteroatoms. The Labute approximate surface area is 110 Å². The smallest absolute Gasteiger partial charge is 0.137 e. The number of hydrogen-bond acceptors (Lipinski definition) is 3. The zero-order valence-corrected chi connectivity index (χ0v) is 11.7. The molecule has 0 aromatic carbocycles. The lowest BCUT2D eigenvalue weighted by molar-refractivity contribution is 0.231. The molecule has 1 aromatic heterocycles. The molecule has 0 spiro atoms. The number of aryl methyl sites for hydroxylation is 1. The first-order valence-electron chi connectivity index (χ1n) is 7.33. The van der Waals surface area contributed by atoms with E-state index in [1.807, 2.05) is 0 Å². The first kappa shape index (κ1) is 13.5. The van der Waals surface area contributed by atoms with Gasteiger partial charge in [0.15, 0.2) is 0 Å². The molecule has 0 bridgehead atoms. The minimum absolute atomic E-state index is 0.737. The molecule has 1 aliphatic rings. The van der Waals surface area contributed by atoms with Crippen molar-refractivity contribution < 1.29 is 0 Å². The summed E-state index contributed by atoms with van der Waals surface area (Å²) in [5.41, 5.74) is 0. The van der Waals surface area contributed by atoms with Gasteiger partial charge in [0.2, 0.25) is 0 Å². The number of hydrogen-bond donors (Lipinski definition) is 2. The molecular weight excluding hydrogens is 224 g/mol. The first-order valence-corrected chi connectivity index (χ1v) is 7.33. The van der Waals surface area contributed by atoms with Gasteiger partial charge in [-0.2, -0.15) is 5.10 Å². The zero-order valence-electron chi connectivity index (χ0n) is 11.7. The van der Waals surface area contributed by atoms with Crippen molar-refractivity contribution in [1.29, 1.82) is 0 Å². The average Bonchev–Trinajstić information content (AvgIpc) is 2.88. The van der Waals surface area contributed by atoms with Gasteiger partial charge in [-0.15, -0.1) is 0 Å². The van der Waals surface area contributed by atoms with Crippen LogP contribution in [0.2, 0.25) is 0 Å². The highest BCUT2D eigenvalue weighted by atomic mass is 15.2. The average molecular weight is 250 g/mol. The van der Waals surface area contributed by atoms with Gasteiger partial charge in [-0.25, -0.2) is 4.98 Å². The Balaban J connectivity index is 1.61. The van der Waals surface area contributed by atoms with E-state index in [2.05, 4.69) is 34.3 Å². The standard InChI is InChI=1S/C14H26N4/c1-11(2)12-5-3-6-13(9-12)15-8-4-7-14-16-10-17-18-14/h10-13,15H,3-9H2,1-2H3,(H,16,17,18). The van der Waals surface area contributed by atoms with E-state index in [9.17, 15) is 0 Å². The molecule has 2 unspecified atom stereocenters. The van der Waals surface area contributed by atoms with E-state index in [0.29, 0.717) is 0 Å². The van der Waals surface area contributed by atoms with Crippen molar-refractivity contribution in [3.8, 4) is 0 Å². The second-order valence-electron chi connectivity index (χ2n) is 5.86. The van der Waals surface area contributed by atoms with Crippen molar-refractivity contribution in [2.24, 2.45) is 11.8 Å². The van der Waals surface area contributed by atoms with Gasteiger partial charge < -0.3 is 5.32 Å². The predicted octanol–water partition coefficient (Wildman–Crippen LogP) is 2.54. The van der Waals surface area contributed by atoms with Crippen LogP contribution in [0, 0.1) is 11.8 Å². The Bertz CT molecular complexity index is 321. The Kier molecular flexibility index (Phi) is 5.17. The second kappa shape index (κ2) is 6.88. The molecule has 1 aliphatic carbocycles. The van der Waals surface area contributed by atoms with Gasteiger partial charge in [0.25, 0.3) is 0 Å². The molecule has 4 nitrogen and oxygen atoms in total. The van der Waals surface area contributed by atoms with Crippen molar-refractivity contribution in [3.05, 3.63) is 12.2 Å². The third-order valence-electron chi connectivity index (χ3n) is 4.15. The van der Waals surface area contributed by atoms with Crippen LogP contribution in [0.4, 0.5) is 0 Å². The number of nitrogens with zero attached hydrogens (tertiary/aromatic N) is 2. The van der Waals surface area contributed by atoms with Crippen molar-refractivity contribution in [2.45, 2.75) is 58.4 Å². The monoisotopic (exact) mass is 250 g/mol. The second-order valence-corrected chi connectivity index (χ2v) is 5.86. The highest BCUT2D eigenvalue weighted by Crippen LogP contribution is 2.29. The topological polar surface area (TPSA) is 53.6 Å². The Hall–Kier alpha value is -0.900. The fourth-order valence-electron chi connectivity index (χ4n) is 2.93. The lowest BCUT2D eigenvalue weighted by Gasteiger charge is -2.32. The molecule has 0 aliphatic heterocycles. The summed E-state index contributed by atoms with van der Waals surface area (Å²) in [4.78, 5) is 4.14. The van der Waals surface area contributed by atoms with Gasteiger partial charge in [-0.05, 0) is 37.6 Å². The summed E-state index contributed by atoms with van der Waals surface area (Å²) in [6.07, 6.45) is 9.24. The van der Waals surface area contributed by atoms with Crippen LogP contribution in [0.5, 0.6) is 0 Å². The molecule has 2 N–H and O–H groups in total. The van der Waals surface area contributed by atoms with E-state index in [-0.39, 0.29) is 0 Å². The molecule has 1 fully saturated rings. The number of H-pyrrole nitrogens is 1. The minimum Gasteiger partial charge on any atom is -0.314 e. The summed E-state index contributed by atoms with van der Waals surface area (Å²) in [5.74, 6) is 2.76. The number of aromatic nitrogens is 3. The predicted molar refractivity (Wildman–Crippen MR) is 73.3 cm³/mol. The maximum atomic E-state index is 4.14. The van der Waals surface area contributed by atoms with Gasteiger partial charge in [0.05, 0.1) is 0 Å². The van der Waals surface area contributed by atoms with E-state index in [1.54, 1.807) is 6.33 Å². The van der Waals surface area contributed by atoms with Gasteiger partial charge in [-0.1, -0.05) is 26.7 Å². The molecule has 1 saturated carbocycles. The van der Waals surface area contributed by atoms with E-state index in [0.717, 1.165) is 43.1 Å². The number of nitrogens with one attached hydrogen (secondary N) is 2.